The van der Waals surface area contributed by atoms with E-state index in [0.29, 0.717) is 12.0 Å². The van der Waals surface area contributed by atoms with Crippen molar-refractivity contribution in [2.45, 2.75) is 12.5 Å². The van der Waals surface area contributed by atoms with Crippen molar-refractivity contribution < 1.29 is 21.6 Å². The molecule has 0 saturated carbocycles. The molecular formula is C15H19N3O5S2. The maximum Gasteiger partial charge on any atom is 0.243 e. The zero-order chi connectivity index (χ0) is 18.8. The predicted octanol–water partition coefficient (Wildman–Crippen LogP) is -0.0302. The van der Waals surface area contributed by atoms with Gasteiger partial charge in [-0.05, 0) is 30.7 Å². The lowest BCUT2D eigenvalue weighted by Crippen LogP contribution is -2.45. The van der Waals surface area contributed by atoms with E-state index in [1.165, 1.54) is 36.2 Å². The molecule has 1 aromatic carbocycles. The lowest BCUT2D eigenvalue weighted by molar-refractivity contribution is -0.129. The number of likely N-dealkylation sites (N-methyl/N-ethyl adjacent to an activating group) is 1. The standard InChI is InChI=1S/C15H19N3O5S2/c1-17(14-7-8-25(22,23)11-14)15(19)10-18(24(2,20)21)13-5-3-12(9-16)4-6-13/h3-6,14H,7-8,10-11H2,1-2H3. The van der Waals surface area contributed by atoms with Crippen LogP contribution in [0.2, 0.25) is 0 Å². The highest BCUT2D eigenvalue weighted by atomic mass is 32.2. The Hall–Kier alpha value is -2.12. The van der Waals surface area contributed by atoms with Gasteiger partial charge in [0.2, 0.25) is 15.9 Å². The first-order chi connectivity index (χ1) is 11.5. The van der Waals surface area contributed by atoms with E-state index >= 15 is 0 Å². The minimum Gasteiger partial charge on any atom is -0.340 e. The van der Waals surface area contributed by atoms with E-state index in [1.807, 2.05) is 6.07 Å². The van der Waals surface area contributed by atoms with Crippen LogP contribution in [0, 0.1) is 11.3 Å². The molecule has 0 radical (unpaired) electrons. The minimum absolute atomic E-state index is 0.0285. The van der Waals surface area contributed by atoms with Gasteiger partial charge in [-0.15, -0.1) is 0 Å². The summed E-state index contributed by atoms with van der Waals surface area (Å²) < 4.78 is 48.2. The Bertz CT molecular complexity index is 901. The summed E-state index contributed by atoms with van der Waals surface area (Å²) in [7, 11) is -5.40. The first-order valence-corrected chi connectivity index (χ1v) is 11.1. The van der Waals surface area contributed by atoms with E-state index in [9.17, 15) is 21.6 Å². The number of rotatable bonds is 5. The van der Waals surface area contributed by atoms with Gasteiger partial charge >= 0.3 is 0 Å². The fraction of sp³-hybridized carbons (Fsp3) is 0.467. The molecule has 10 heteroatoms. The second-order valence-corrected chi connectivity index (χ2v) is 10.1. The molecular weight excluding hydrogens is 366 g/mol. The Labute approximate surface area is 147 Å². The number of hydrogen-bond donors (Lipinski definition) is 0. The van der Waals surface area contributed by atoms with Crippen molar-refractivity contribution in [1.29, 1.82) is 5.26 Å². The zero-order valence-electron chi connectivity index (χ0n) is 13.9. The summed E-state index contributed by atoms with van der Waals surface area (Å²) in [5, 5.41) is 8.82. The molecule has 2 rings (SSSR count). The smallest absolute Gasteiger partial charge is 0.243 e. The summed E-state index contributed by atoms with van der Waals surface area (Å²) in [4.78, 5) is 13.8. The van der Waals surface area contributed by atoms with E-state index in [1.54, 1.807) is 0 Å². The number of carbonyl (C=O) groups excluding carboxylic acids is 1. The van der Waals surface area contributed by atoms with Gasteiger partial charge in [0.25, 0.3) is 0 Å². The summed E-state index contributed by atoms with van der Waals surface area (Å²) >= 11 is 0. The van der Waals surface area contributed by atoms with Crippen molar-refractivity contribution in [3.8, 4) is 6.07 Å². The maximum atomic E-state index is 12.5. The van der Waals surface area contributed by atoms with Crippen LogP contribution in [0.1, 0.15) is 12.0 Å². The van der Waals surface area contributed by atoms with Crippen LogP contribution < -0.4 is 4.31 Å². The molecule has 0 N–H and O–H groups in total. The fourth-order valence-corrected chi connectivity index (χ4v) is 5.25. The van der Waals surface area contributed by atoms with Gasteiger partial charge in [-0.3, -0.25) is 9.10 Å². The molecule has 1 unspecified atom stereocenters. The van der Waals surface area contributed by atoms with Gasteiger partial charge in [0.1, 0.15) is 6.54 Å². The first kappa shape index (κ1) is 19.2. The molecule has 25 heavy (non-hydrogen) atoms. The van der Waals surface area contributed by atoms with Crippen molar-refractivity contribution in [3.63, 3.8) is 0 Å². The van der Waals surface area contributed by atoms with E-state index in [4.69, 9.17) is 5.26 Å². The largest absolute Gasteiger partial charge is 0.340 e. The SMILES string of the molecule is CN(C(=O)CN(c1ccc(C#N)cc1)S(C)(=O)=O)C1CCS(=O)(=O)C1. The maximum absolute atomic E-state index is 12.5. The second-order valence-electron chi connectivity index (χ2n) is 5.99. The first-order valence-electron chi connectivity index (χ1n) is 7.47. The molecule has 0 aromatic heterocycles. The van der Waals surface area contributed by atoms with E-state index in [-0.39, 0.29) is 17.2 Å². The minimum atomic E-state index is -3.73. The fourth-order valence-electron chi connectivity index (χ4n) is 2.62. The number of hydrogen-bond acceptors (Lipinski definition) is 6. The van der Waals surface area contributed by atoms with Crippen LogP contribution in [0.25, 0.3) is 0 Å². The summed E-state index contributed by atoms with van der Waals surface area (Å²) in [5.41, 5.74) is 0.638. The number of benzene rings is 1. The Balaban J connectivity index is 2.19. The highest BCUT2D eigenvalue weighted by Crippen LogP contribution is 2.20. The topological polar surface area (TPSA) is 116 Å². The molecule has 0 bridgehead atoms. The lowest BCUT2D eigenvalue weighted by Gasteiger charge is -2.28. The summed E-state index contributed by atoms with van der Waals surface area (Å²) in [6, 6.07) is 7.32. The van der Waals surface area contributed by atoms with Crippen LogP contribution in [-0.2, 0) is 24.7 Å². The molecule has 0 aliphatic carbocycles. The zero-order valence-corrected chi connectivity index (χ0v) is 15.5. The van der Waals surface area contributed by atoms with Crippen molar-refractivity contribution in [3.05, 3.63) is 29.8 Å². The number of nitrogens with zero attached hydrogens (tertiary/aromatic N) is 3. The normalized spacial score (nSPS) is 19.2. The number of carbonyl (C=O) groups is 1. The van der Waals surface area contributed by atoms with Crippen molar-refractivity contribution in [2.24, 2.45) is 0 Å². The number of sulfone groups is 1. The molecule has 1 amide bonds. The third-order valence-electron chi connectivity index (χ3n) is 4.11. The highest BCUT2D eigenvalue weighted by molar-refractivity contribution is 7.92. The average Bonchev–Trinajstić information content (AvgIpc) is 2.90. The molecule has 1 aromatic rings. The van der Waals surface area contributed by atoms with Crippen molar-refractivity contribution in [2.75, 3.05) is 35.7 Å². The highest BCUT2D eigenvalue weighted by Gasteiger charge is 2.34. The van der Waals surface area contributed by atoms with Crippen LogP contribution in [-0.4, -0.2) is 65.0 Å². The summed E-state index contributed by atoms with van der Waals surface area (Å²) in [6.07, 6.45) is 1.33. The summed E-state index contributed by atoms with van der Waals surface area (Å²) in [5.74, 6) is -0.567. The average molecular weight is 385 g/mol. The Kier molecular flexibility index (Phi) is 5.39. The molecule has 1 heterocycles. The molecule has 1 saturated heterocycles. The molecule has 136 valence electrons. The molecule has 1 fully saturated rings. The Morgan fingerprint density at radius 2 is 1.92 bits per heavy atom. The Morgan fingerprint density at radius 3 is 2.36 bits per heavy atom. The van der Waals surface area contributed by atoms with Gasteiger partial charge < -0.3 is 4.90 Å². The molecule has 1 aliphatic heterocycles. The van der Waals surface area contributed by atoms with E-state index in [2.05, 4.69) is 0 Å². The summed E-state index contributed by atoms with van der Waals surface area (Å²) in [6.45, 7) is -0.433. The van der Waals surface area contributed by atoms with Crippen molar-refractivity contribution in [1.82, 2.24) is 4.90 Å². The number of nitriles is 1. The third kappa shape index (κ3) is 4.70. The van der Waals surface area contributed by atoms with Crippen LogP contribution in [0.15, 0.2) is 24.3 Å². The van der Waals surface area contributed by atoms with Crippen LogP contribution in [0.4, 0.5) is 5.69 Å². The molecule has 1 atom stereocenters. The molecule has 0 spiro atoms. The molecule has 1 aliphatic rings. The quantitative estimate of drug-likeness (QED) is 0.703. The van der Waals surface area contributed by atoms with Crippen LogP contribution >= 0.6 is 0 Å². The Morgan fingerprint density at radius 1 is 1.32 bits per heavy atom. The monoisotopic (exact) mass is 385 g/mol. The number of amides is 1. The van der Waals surface area contributed by atoms with Crippen LogP contribution in [0.5, 0.6) is 0 Å². The van der Waals surface area contributed by atoms with Gasteiger partial charge in [0.15, 0.2) is 9.84 Å². The third-order valence-corrected chi connectivity index (χ3v) is 7.00. The second kappa shape index (κ2) is 7.01. The van der Waals surface area contributed by atoms with Gasteiger partial charge in [-0.1, -0.05) is 0 Å². The number of anilines is 1. The molecule has 8 nitrogen and oxygen atoms in total. The number of sulfonamides is 1. The van der Waals surface area contributed by atoms with E-state index in [0.717, 1.165) is 10.6 Å². The van der Waals surface area contributed by atoms with E-state index < -0.39 is 38.4 Å². The van der Waals surface area contributed by atoms with Crippen molar-refractivity contribution >= 4 is 31.5 Å². The van der Waals surface area contributed by atoms with Gasteiger partial charge in [-0.2, -0.15) is 5.26 Å². The van der Waals surface area contributed by atoms with Gasteiger partial charge in [0, 0.05) is 13.1 Å². The predicted molar refractivity (Wildman–Crippen MR) is 93.2 cm³/mol. The van der Waals surface area contributed by atoms with Gasteiger partial charge in [0.05, 0.1) is 35.1 Å². The lowest BCUT2D eigenvalue weighted by atomic mass is 10.2. The van der Waals surface area contributed by atoms with Gasteiger partial charge in [-0.25, -0.2) is 16.8 Å². The van der Waals surface area contributed by atoms with Crippen LogP contribution in [0.3, 0.4) is 0 Å².